The van der Waals surface area contributed by atoms with E-state index in [1.807, 2.05) is 20.0 Å². The van der Waals surface area contributed by atoms with Gasteiger partial charge in [0.25, 0.3) is 0 Å². The number of aromatic nitrogens is 4. The number of hydrogen-bond donors (Lipinski definition) is 0. The molecule has 2 aromatic heterocycles. The Morgan fingerprint density at radius 3 is 2.41 bits per heavy atom. The number of halogens is 4. The first-order valence-electron chi connectivity index (χ1n) is 12.7. The van der Waals surface area contributed by atoms with Crippen LogP contribution in [-0.4, -0.2) is 32.3 Å². The fourth-order valence-electron chi connectivity index (χ4n) is 4.04. The van der Waals surface area contributed by atoms with E-state index in [1.54, 1.807) is 31.4 Å². The van der Waals surface area contributed by atoms with Crippen LogP contribution in [0.25, 0.3) is 17.0 Å². The molecule has 0 amide bonds. The van der Waals surface area contributed by atoms with Crippen molar-refractivity contribution >= 4 is 11.3 Å². The number of methoxy groups -OCH3 is 1. The van der Waals surface area contributed by atoms with Gasteiger partial charge in [0.15, 0.2) is 17.3 Å². The van der Waals surface area contributed by atoms with Crippen molar-refractivity contribution in [3.63, 3.8) is 0 Å². The molecular weight excluding hydrogens is 510 g/mol. The van der Waals surface area contributed by atoms with Crippen LogP contribution in [0.1, 0.15) is 62.8 Å². The Kier molecular flexibility index (Phi) is 8.32. The zero-order valence-corrected chi connectivity index (χ0v) is 22.6. The minimum absolute atomic E-state index is 0.167. The van der Waals surface area contributed by atoms with Crippen molar-refractivity contribution in [3.8, 4) is 11.4 Å². The first kappa shape index (κ1) is 28.2. The minimum atomic E-state index is -4.53. The number of nitrogens with zero attached hydrogens (tertiary/aromatic N) is 5. The van der Waals surface area contributed by atoms with Crippen molar-refractivity contribution in [3.05, 3.63) is 82.8 Å². The molecular formula is C29H31F4N5O. The third-order valence-electron chi connectivity index (χ3n) is 6.65. The summed E-state index contributed by atoms with van der Waals surface area (Å²) in [4.78, 5) is 17.4. The highest BCUT2D eigenvalue weighted by atomic mass is 19.4. The second kappa shape index (κ2) is 11.5. The molecule has 6 nitrogen and oxygen atoms in total. The summed E-state index contributed by atoms with van der Waals surface area (Å²) in [5.74, 6) is 0.831. The van der Waals surface area contributed by atoms with Crippen LogP contribution in [0.2, 0.25) is 0 Å². The first-order chi connectivity index (χ1) is 18.5. The van der Waals surface area contributed by atoms with Crippen molar-refractivity contribution in [1.29, 1.82) is 0 Å². The largest absolute Gasteiger partial charge is 0.501 e. The number of aliphatic imine (C=N–C) groups is 1. The fourth-order valence-corrected chi connectivity index (χ4v) is 4.04. The van der Waals surface area contributed by atoms with Gasteiger partial charge in [-0.2, -0.15) is 13.2 Å². The van der Waals surface area contributed by atoms with E-state index in [2.05, 4.69) is 21.9 Å². The van der Waals surface area contributed by atoms with Crippen molar-refractivity contribution < 1.29 is 22.3 Å². The summed E-state index contributed by atoms with van der Waals surface area (Å²) in [5.41, 5.74) is 3.11. The Bertz CT molecular complexity index is 1430. The van der Waals surface area contributed by atoms with Crippen LogP contribution >= 0.6 is 0 Å². The number of hydrogen-bond acceptors (Lipinski definition) is 5. The van der Waals surface area contributed by atoms with Crippen LogP contribution in [0.4, 0.5) is 17.6 Å². The van der Waals surface area contributed by atoms with Crippen LogP contribution in [0.5, 0.6) is 0 Å². The van der Waals surface area contributed by atoms with Crippen molar-refractivity contribution in [2.75, 3.05) is 7.11 Å². The molecule has 0 radical (unpaired) electrons. The SMILES string of the molecule is CC/C(C)=C/N=C(/C(=C(\C)OC)c1ncc(F)c(Cc2ccc(-c3nc(C(F)(F)F)cn3C)cc2)n1)C1CC1. The molecule has 0 spiro atoms. The normalized spacial score (nSPS) is 15.4. The van der Waals surface area contributed by atoms with Crippen molar-refractivity contribution in [1.82, 2.24) is 19.5 Å². The Balaban J connectivity index is 1.65. The van der Waals surface area contributed by atoms with Crippen molar-refractivity contribution in [2.24, 2.45) is 18.0 Å². The molecule has 0 saturated heterocycles. The molecule has 1 aromatic carbocycles. The van der Waals surface area contributed by atoms with Gasteiger partial charge in [0.2, 0.25) is 0 Å². The zero-order valence-electron chi connectivity index (χ0n) is 22.6. The van der Waals surface area contributed by atoms with Crippen LogP contribution in [0.3, 0.4) is 0 Å². The molecule has 0 N–H and O–H groups in total. The van der Waals surface area contributed by atoms with E-state index >= 15 is 0 Å². The average molecular weight is 542 g/mol. The summed E-state index contributed by atoms with van der Waals surface area (Å²) < 4.78 is 60.9. The van der Waals surface area contributed by atoms with Gasteiger partial charge < -0.3 is 9.30 Å². The molecule has 1 aliphatic carbocycles. The van der Waals surface area contributed by atoms with Crippen LogP contribution in [0.15, 0.2) is 59.2 Å². The quantitative estimate of drug-likeness (QED) is 0.164. The average Bonchev–Trinajstić information content (AvgIpc) is 3.67. The van der Waals surface area contributed by atoms with Crippen LogP contribution in [0, 0.1) is 11.7 Å². The highest BCUT2D eigenvalue weighted by Crippen LogP contribution is 2.37. The van der Waals surface area contributed by atoms with E-state index in [4.69, 9.17) is 9.73 Å². The molecule has 0 unspecified atom stereocenters. The maximum absolute atomic E-state index is 14.9. The van der Waals surface area contributed by atoms with Gasteiger partial charge in [0, 0.05) is 37.3 Å². The number of benzene rings is 1. The monoisotopic (exact) mass is 541 g/mol. The molecule has 1 aliphatic rings. The van der Waals surface area contributed by atoms with Gasteiger partial charge in [-0.05, 0) is 38.7 Å². The molecule has 0 atom stereocenters. The molecule has 10 heteroatoms. The Morgan fingerprint density at radius 2 is 1.85 bits per heavy atom. The van der Waals surface area contributed by atoms with Gasteiger partial charge in [0.1, 0.15) is 11.6 Å². The number of rotatable bonds is 9. The van der Waals surface area contributed by atoms with E-state index < -0.39 is 17.7 Å². The number of imidazole rings is 1. The number of aryl methyl sites for hydroxylation is 1. The molecule has 0 aliphatic heterocycles. The molecule has 0 bridgehead atoms. The molecule has 2 heterocycles. The molecule has 1 saturated carbocycles. The second-order valence-electron chi connectivity index (χ2n) is 9.67. The fraction of sp³-hybridized carbons (Fsp3) is 0.379. The first-order valence-corrected chi connectivity index (χ1v) is 12.7. The smallest absolute Gasteiger partial charge is 0.434 e. The summed E-state index contributed by atoms with van der Waals surface area (Å²) in [6.45, 7) is 5.89. The maximum atomic E-state index is 14.9. The van der Waals surface area contributed by atoms with Crippen molar-refractivity contribution in [2.45, 2.75) is 52.6 Å². The van der Waals surface area contributed by atoms with E-state index in [-0.39, 0.29) is 23.9 Å². The zero-order chi connectivity index (χ0) is 28.3. The van der Waals surface area contributed by atoms with E-state index in [0.717, 1.165) is 48.5 Å². The molecule has 39 heavy (non-hydrogen) atoms. The molecule has 4 rings (SSSR count). The summed E-state index contributed by atoms with van der Waals surface area (Å²) in [7, 11) is 3.08. The molecule has 3 aromatic rings. The van der Waals surface area contributed by atoms with E-state index in [1.165, 1.54) is 11.6 Å². The third kappa shape index (κ3) is 6.61. The van der Waals surface area contributed by atoms with Gasteiger partial charge in [-0.25, -0.2) is 19.3 Å². The lowest BCUT2D eigenvalue weighted by Gasteiger charge is -2.14. The van der Waals surface area contributed by atoms with Gasteiger partial charge in [-0.1, -0.05) is 36.8 Å². The lowest BCUT2D eigenvalue weighted by molar-refractivity contribution is -0.140. The lowest BCUT2D eigenvalue weighted by Crippen LogP contribution is -2.13. The molecule has 1 fully saturated rings. The summed E-state index contributed by atoms with van der Waals surface area (Å²) in [5, 5.41) is 0. The molecule has 206 valence electrons. The topological polar surface area (TPSA) is 65.2 Å². The summed E-state index contributed by atoms with van der Waals surface area (Å²) >= 11 is 0. The Hall–Kier alpha value is -3.82. The maximum Gasteiger partial charge on any atom is 0.434 e. The Labute approximate surface area is 225 Å². The summed E-state index contributed by atoms with van der Waals surface area (Å²) in [6, 6.07) is 6.78. The van der Waals surface area contributed by atoms with Gasteiger partial charge in [-0.15, -0.1) is 0 Å². The van der Waals surface area contributed by atoms with Crippen LogP contribution in [-0.2, 0) is 24.4 Å². The Morgan fingerprint density at radius 1 is 1.15 bits per heavy atom. The summed E-state index contributed by atoms with van der Waals surface area (Å²) in [6.07, 6.45) is 2.47. The van der Waals surface area contributed by atoms with Gasteiger partial charge in [0.05, 0.1) is 30.3 Å². The highest BCUT2D eigenvalue weighted by molar-refractivity contribution is 6.25. The van der Waals surface area contributed by atoms with E-state index in [9.17, 15) is 17.6 Å². The minimum Gasteiger partial charge on any atom is -0.501 e. The number of alkyl halides is 3. The lowest BCUT2D eigenvalue weighted by atomic mass is 10.0. The van der Waals surface area contributed by atoms with Crippen LogP contribution < -0.4 is 0 Å². The second-order valence-corrected chi connectivity index (χ2v) is 9.67. The number of allylic oxidation sites excluding steroid dienone is 3. The van der Waals surface area contributed by atoms with E-state index in [0.29, 0.717) is 22.7 Å². The van der Waals surface area contributed by atoms with Gasteiger partial charge >= 0.3 is 6.18 Å². The predicted octanol–water partition coefficient (Wildman–Crippen LogP) is 7.17. The highest BCUT2D eigenvalue weighted by Gasteiger charge is 2.35. The third-order valence-corrected chi connectivity index (χ3v) is 6.65. The standard InChI is InChI=1S/C29H31F4N5O/c1-6-17(2)14-34-26(20-11-12-20)25(18(3)39-5)27-35-15-22(30)23(36-27)13-19-7-9-21(10-8-19)28-37-24(16-38(28)4)29(31,32)33/h7-10,14-16,20H,6,11-13H2,1-5H3/b17-14+,25-18-,34-26+. The van der Waals surface area contributed by atoms with Gasteiger partial charge in [-0.3, -0.25) is 4.99 Å². The number of ether oxygens (including phenoxy) is 1. The predicted molar refractivity (Wildman–Crippen MR) is 142 cm³/mol.